The van der Waals surface area contributed by atoms with E-state index in [0.717, 1.165) is 0 Å². The predicted molar refractivity (Wildman–Crippen MR) is 76.2 cm³/mol. The molecule has 0 fully saturated rings. The van der Waals surface area contributed by atoms with Crippen LogP contribution in [0.4, 0.5) is 0 Å². The molecule has 0 aliphatic carbocycles. The number of rotatable bonds is 9. The fraction of sp³-hybridized carbons (Fsp3) is 0.917. The average molecular weight is 313 g/mol. The van der Waals surface area contributed by atoms with E-state index >= 15 is 0 Å². The molecular weight excluding hydrogens is 288 g/mol. The molecule has 92 valence electrons. The molecule has 0 atom stereocenters. The summed E-state index contributed by atoms with van der Waals surface area (Å²) in [5.74, 6) is 0. The Bertz CT molecular complexity index is 129. The van der Waals surface area contributed by atoms with Gasteiger partial charge in [-0.1, -0.05) is 4.32 Å². The van der Waals surface area contributed by atoms with Crippen molar-refractivity contribution < 1.29 is 18.3 Å². The maximum Gasteiger partial charge on any atom is -0.0708 e. The Morgan fingerprint density at radius 3 is 1.62 bits per heavy atom. The van der Waals surface area contributed by atoms with Gasteiger partial charge >= 0.3 is 88.0 Å². The third kappa shape index (κ3) is 29.3. The number of hydrogen-bond acceptors (Lipinski definition) is 2. The van der Waals surface area contributed by atoms with Crippen LogP contribution in [-0.4, -0.2) is 4.32 Å². The monoisotopic (exact) mass is 311 g/mol. The van der Waals surface area contributed by atoms with Crippen LogP contribution in [0.2, 0.25) is 5.02 Å². The van der Waals surface area contributed by atoms with Gasteiger partial charge in [0.15, 0.2) is 0 Å². The summed E-state index contributed by atoms with van der Waals surface area (Å²) in [4.78, 5) is 0. The Morgan fingerprint density at radius 1 is 1.00 bits per heavy atom. The second-order valence-electron chi connectivity index (χ2n) is 4.00. The zero-order chi connectivity index (χ0) is 12.6. The molecule has 0 heterocycles. The molecule has 0 unspecified atom stereocenters. The zero-order valence-corrected chi connectivity index (χ0v) is 15.3. The zero-order valence-electron chi connectivity index (χ0n) is 10.7. The van der Waals surface area contributed by atoms with Crippen molar-refractivity contribution in [1.29, 1.82) is 0 Å². The summed E-state index contributed by atoms with van der Waals surface area (Å²) in [5.41, 5.74) is 4.66. The SMILES string of the molecule is CCCCCCCCCC[CH2][Zn+].NC(=S)[S-]. The molecule has 0 radical (unpaired) electrons. The summed E-state index contributed by atoms with van der Waals surface area (Å²) in [6.07, 6.45) is 13.2. The maximum atomic E-state index is 4.66. The molecule has 4 heteroatoms. The molecule has 0 aromatic carbocycles. The van der Waals surface area contributed by atoms with E-state index in [1.165, 1.54) is 81.1 Å². The fourth-order valence-corrected chi connectivity index (χ4v) is 2.23. The Morgan fingerprint density at radius 2 is 1.31 bits per heavy atom. The molecule has 0 amide bonds. The number of nitrogens with two attached hydrogens (primary N) is 1. The average Bonchev–Trinajstić information content (AvgIpc) is 2.21. The van der Waals surface area contributed by atoms with Crippen molar-refractivity contribution in [3.05, 3.63) is 0 Å². The molecule has 2 N–H and O–H groups in total. The molecule has 0 saturated heterocycles. The first-order valence-electron chi connectivity index (χ1n) is 6.40. The fourth-order valence-electron chi connectivity index (χ4n) is 1.49. The molecule has 0 bridgehead atoms. The van der Waals surface area contributed by atoms with Crippen molar-refractivity contribution >= 4 is 29.2 Å². The molecular formula is C12H25NS2Zn. The Hall–Kier alpha value is 0.733. The summed E-state index contributed by atoms with van der Waals surface area (Å²) in [6, 6.07) is 0. The van der Waals surface area contributed by atoms with Gasteiger partial charge in [0.05, 0.1) is 0 Å². The van der Waals surface area contributed by atoms with Gasteiger partial charge in [-0.3, -0.25) is 0 Å². The van der Waals surface area contributed by atoms with Crippen molar-refractivity contribution in [2.75, 3.05) is 0 Å². The molecule has 0 aromatic heterocycles. The summed E-state index contributed by atoms with van der Waals surface area (Å²) < 4.78 is 0.0833. The Balaban J connectivity index is 0. The van der Waals surface area contributed by atoms with Crippen LogP contribution < -0.4 is 5.73 Å². The van der Waals surface area contributed by atoms with Crippen LogP contribution in [0, 0.1) is 0 Å². The van der Waals surface area contributed by atoms with E-state index in [0.29, 0.717) is 0 Å². The maximum absolute atomic E-state index is 4.66. The standard InChI is InChI=1S/C11H23.CH3NS2.Zn/c1-3-5-7-9-11-10-8-6-4-2;2-1(3)4;/h1,3-11H2,2H3;(H3,2,3,4);/q;;+1/p-1. The normalized spacial score (nSPS) is 9.44. The van der Waals surface area contributed by atoms with Crippen LogP contribution in [0.3, 0.4) is 0 Å². The number of unbranched alkanes of at least 4 members (excludes halogenated alkanes) is 8. The van der Waals surface area contributed by atoms with Crippen LogP contribution in [0.25, 0.3) is 0 Å². The smallest absolute Gasteiger partial charge is 0.0708 e. The van der Waals surface area contributed by atoms with E-state index in [4.69, 9.17) is 0 Å². The second kappa shape index (κ2) is 18.1. The quantitative estimate of drug-likeness (QED) is 0.298. The van der Waals surface area contributed by atoms with Gasteiger partial charge in [0, 0.05) is 0 Å². The molecule has 0 aliphatic rings. The van der Waals surface area contributed by atoms with Gasteiger partial charge in [-0.2, -0.15) is 0 Å². The minimum Gasteiger partial charge on any atom is -0.415 e. The summed E-state index contributed by atoms with van der Waals surface area (Å²) in [5, 5.41) is 1.50. The van der Waals surface area contributed by atoms with Gasteiger partial charge in [0.2, 0.25) is 0 Å². The summed E-state index contributed by atoms with van der Waals surface area (Å²) in [7, 11) is 0. The third-order valence-corrected chi connectivity index (χ3v) is 3.40. The molecule has 0 spiro atoms. The first-order chi connectivity index (χ1) is 7.65. The van der Waals surface area contributed by atoms with Crippen LogP contribution in [0.5, 0.6) is 0 Å². The first-order valence-corrected chi connectivity index (χ1v) is 9.32. The van der Waals surface area contributed by atoms with E-state index in [2.05, 4.69) is 37.5 Å². The second-order valence-corrected chi connectivity index (χ2v) is 6.62. The topological polar surface area (TPSA) is 26.0 Å². The molecule has 0 aromatic rings. The van der Waals surface area contributed by atoms with E-state index in [1.807, 2.05) is 0 Å². The Labute approximate surface area is 122 Å². The largest absolute Gasteiger partial charge is 0.415 e. The number of thiocarbonyl (C=S) groups is 1. The minimum atomic E-state index is 0.0833. The van der Waals surface area contributed by atoms with Crippen molar-refractivity contribution in [3.8, 4) is 0 Å². The third-order valence-electron chi connectivity index (χ3n) is 2.35. The van der Waals surface area contributed by atoms with Gasteiger partial charge in [-0.05, 0) is 0 Å². The predicted octanol–water partition coefficient (Wildman–Crippen LogP) is 4.26. The van der Waals surface area contributed by atoms with Crippen LogP contribution in [-0.2, 0) is 30.9 Å². The van der Waals surface area contributed by atoms with Crippen molar-refractivity contribution in [2.45, 2.75) is 69.7 Å². The van der Waals surface area contributed by atoms with Gasteiger partial charge in [0.1, 0.15) is 0 Å². The van der Waals surface area contributed by atoms with Crippen molar-refractivity contribution in [1.82, 2.24) is 0 Å². The van der Waals surface area contributed by atoms with Crippen LogP contribution in [0.1, 0.15) is 64.7 Å². The molecule has 1 nitrogen and oxygen atoms in total. The van der Waals surface area contributed by atoms with E-state index in [1.54, 1.807) is 0 Å². The van der Waals surface area contributed by atoms with Crippen LogP contribution in [0.15, 0.2) is 0 Å². The molecule has 0 rings (SSSR count). The molecule has 0 saturated carbocycles. The van der Waals surface area contributed by atoms with E-state index in [-0.39, 0.29) is 4.32 Å². The van der Waals surface area contributed by atoms with Crippen molar-refractivity contribution in [3.63, 3.8) is 0 Å². The Kier molecular flexibility index (Phi) is 21.6. The van der Waals surface area contributed by atoms with Gasteiger partial charge in [-0.25, -0.2) is 0 Å². The first kappa shape index (κ1) is 19.1. The van der Waals surface area contributed by atoms with Gasteiger partial charge in [-0.15, -0.1) is 0 Å². The van der Waals surface area contributed by atoms with Crippen LogP contribution >= 0.6 is 12.2 Å². The summed E-state index contributed by atoms with van der Waals surface area (Å²) in [6.45, 7) is 2.28. The van der Waals surface area contributed by atoms with E-state index < -0.39 is 0 Å². The van der Waals surface area contributed by atoms with Gasteiger partial charge in [0.25, 0.3) is 0 Å². The summed E-state index contributed by atoms with van der Waals surface area (Å²) >= 11 is 9.76. The van der Waals surface area contributed by atoms with Gasteiger partial charge < -0.3 is 30.6 Å². The molecule has 16 heavy (non-hydrogen) atoms. The van der Waals surface area contributed by atoms with E-state index in [9.17, 15) is 0 Å². The molecule has 0 aliphatic heterocycles. The minimum absolute atomic E-state index is 0.0833. The van der Waals surface area contributed by atoms with Crippen molar-refractivity contribution in [2.24, 2.45) is 5.73 Å². The number of hydrogen-bond donors (Lipinski definition) is 1.